The summed E-state index contributed by atoms with van der Waals surface area (Å²) in [6, 6.07) is 2.91. The maximum Gasteiger partial charge on any atom is 0.408 e. The van der Waals surface area contributed by atoms with Crippen LogP contribution in [0.4, 0.5) is 4.79 Å². The molecular formula is C17H24N2O4S. The molecule has 0 saturated heterocycles. The van der Waals surface area contributed by atoms with Gasteiger partial charge in [-0.3, -0.25) is 0 Å². The number of ether oxygens (including phenoxy) is 2. The fourth-order valence-electron chi connectivity index (χ4n) is 1.83. The molecule has 0 aliphatic carbocycles. The minimum absolute atomic E-state index is 0.167. The van der Waals surface area contributed by atoms with Crippen LogP contribution in [-0.2, 0) is 20.7 Å². The van der Waals surface area contributed by atoms with Gasteiger partial charge in [0.15, 0.2) is 0 Å². The Hall–Kier alpha value is -2.07. The molecule has 0 aliphatic rings. The van der Waals surface area contributed by atoms with E-state index >= 15 is 0 Å². The van der Waals surface area contributed by atoms with Gasteiger partial charge < -0.3 is 14.8 Å². The number of hydrogen-bond donors (Lipinski definition) is 1. The van der Waals surface area contributed by atoms with E-state index in [-0.39, 0.29) is 6.42 Å². The van der Waals surface area contributed by atoms with E-state index in [4.69, 9.17) is 14.7 Å². The summed E-state index contributed by atoms with van der Waals surface area (Å²) in [5, 5.41) is 13.4. The molecule has 1 aromatic heterocycles. The highest BCUT2D eigenvalue weighted by atomic mass is 32.1. The number of hydrogen-bond acceptors (Lipinski definition) is 6. The molecule has 0 saturated carbocycles. The number of nitriles is 1. The second-order valence-electron chi connectivity index (χ2n) is 7.32. The Labute approximate surface area is 146 Å². The van der Waals surface area contributed by atoms with Crippen molar-refractivity contribution >= 4 is 23.4 Å². The Morgan fingerprint density at radius 1 is 1.21 bits per heavy atom. The van der Waals surface area contributed by atoms with Crippen LogP contribution in [0.2, 0.25) is 0 Å². The number of alkyl carbamates (subject to hydrolysis) is 1. The monoisotopic (exact) mass is 352 g/mol. The Kier molecular flexibility index (Phi) is 6.38. The van der Waals surface area contributed by atoms with Gasteiger partial charge in [0, 0.05) is 6.42 Å². The average molecular weight is 352 g/mol. The molecule has 1 aromatic rings. The second-order valence-corrected chi connectivity index (χ2v) is 8.24. The maximum absolute atomic E-state index is 12.4. The van der Waals surface area contributed by atoms with Crippen LogP contribution in [0.1, 0.15) is 52.0 Å². The number of esters is 1. The smallest absolute Gasteiger partial charge is 0.408 e. The molecule has 0 radical (unpaired) electrons. The molecular weight excluding hydrogens is 328 g/mol. The summed E-state index contributed by atoms with van der Waals surface area (Å²) in [4.78, 5) is 24.9. The summed E-state index contributed by atoms with van der Waals surface area (Å²) in [7, 11) is 0. The Morgan fingerprint density at radius 3 is 2.29 bits per heavy atom. The lowest BCUT2D eigenvalue weighted by Crippen LogP contribution is -2.47. The first kappa shape index (κ1) is 20.0. The van der Waals surface area contributed by atoms with Crippen LogP contribution in [0, 0.1) is 11.3 Å². The SMILES string of the molecule is CC(C)(C)OC(=O)N[C@@H](Cc1ccsc1C#N)C(=O)OC(C)(C)C. The molecule has 7 heteroatoms. The first-order valence-electron chi connectivity index (χ1n) is 7.60. The third-order valence-corrected chi connectivity index (χ3v) is 3.52. The van der Waals surface area contributed by atoms with E-state index in [9.17, 15) is 9.59 Å². The van der Waals surface area contributed by atoms with Crippen LogP contribution in [-0.4, -0.2) is 29.3 Å². The number of thiophene rings is 1. The van der Waals surface area contributed by atoms with Crippen molar-refractivity contribution in [2.75, 3.05) is 0 Å². The van der Waals surface area contributed by atoms with E-state index in [1.165, 1.54) is 11.3 Å². The summed E-state index contributed by atoms with van der Waals surface area (Å²) in [5.74, 6) is -0.566. The van der Waals surface area contributed by atoms with Crippen LogP contribution in [0.15, 0.2) is 11.4 Å². The average Bonchev–Trinajstić information content (AvgIpc) is 2.80. The van der Waals surface area contributed by atoms with E-state index < -0.39 is 29.3 Å². The summed E-state index contributed by atoms with van der Waals surface area (Å²) in [6.45, 7) is 10.5. The van der Waals surface area contributed by atoms with E-state index in [0.717, 1.165) is 0 Å². The molecule has 0 aliphatic heterocycles. The van der Waals surface area contributed by atoms with E-state index in [1.807, 2.05) is 0 Å². The third kappa shape index (κ3) is 7.01. The molecule has 1 atom stereocenters. The third-order valence-electron chi connectivity index (χ3n) is 2.65. The van der Waals surface area contributed by atoms with Gasteiger partial charge in [-0.05, 0) is 58.6 Å². The van der Waals surface area contributed by atoms with Crippen molar-refractivity contribution in [3.05, 3.63) is 21.9 Å². The van der Waals surface area contributed by atoms with Gasteiger partial charge in [0.1, 0.15) is 28.2 Å². The topological polar surface area (TPSA) is 88.4 Å². The van der Waals surface area contributed by atoms with Crippen LogP contribution in [0.25, 0.3) is 0 Å². The highest BCUT2D eigenvalue weighted by Crippen LogP contribution is 2.19. The van der Waals surface area contributed by atoms with Gasteiger partial charge in [0.25, 0.3) is 0 Å². The molecule has 1 amide bonds. The van der Waals surface area contributed by atoms with Crippen molar-refractivity contribution in [3.63, 3.8) is 0 Å². The van der Waals surface area contributed by atoms with E-state index in [1.54, 1.807) is 53.0 Å². The van der Waals surface area contributed by atoms with Crippen molar-refractivity contribution in [2.24, 2.45) is 0 Å². The van der Waals surface area contributed by atoms with Gasteiger partial charge >= 0.3 is 12.1 Å². The van der Waals surface area contributed by atoms with Gasteiger partial charge in [-0.2, -0.15) is 5.26 Å². The largest absolute Gasteiger partial charge is 0.458 e. The zero-order valence-corrected chi connectivity index (χ0v) is 15.7. The van der Waals surface area contributed by atoms with Crippen molar-refractivity contribution in [3.8, 4) is 6.07 Å². The highest BCUT2D eigenvalue weighted by Gasteiger charge is 2.29. The van der Waals surface area contributed by atoms with Crippen molar-refractivity contribution in [1.82, 2.24) is 5.32 Å². The van der Waals surface area contributed by atoms with Crippen LogP contribution < -0.4 is 5.32 Å². The van der Waals surface area contributed by atoms with Crippen molar-refractivity contribution in [1.29, 1.82) is 5.26 Å². The Balaban J connectivity index is 2.93. The zero-order chi connectivity index (χ0) is 18.5. The Morgan fingerprint density at radius 2 is 1.79 bits per heavy atom. The van der Waals surface area contributed by atoms with Crippen molar-refractivity contribution < 1.29 is 19.1 Å². The van der Waals surface area contributed by atoms with Crippen LogP contribution in [0.5, 0.6) is 0 Å². The van der Waals surface area contributed by atoms with Gasteiger partial charge in [0.05, 0.1) is 0 Å². The second kappa shape index (κ2) is 7.67. The number of amides is 1. The van der Waals surface area contributed by atoms with Gasteiger partial charge in [-0.15, -0.1) is 11.3 Å². The maximum atomic E-state index is 12.4. The normalized spacial score (nSPS) is 12.9. The van der Waals surface area contributed by atoms with Crippen molar-refractivity contribution in [2.45, 2.75) is 65.2 Å². The molecule has 0 fully saturated rings. The fraction of sp³-hybridized carbons (Fsp3) is 0.588. The number of rotatable bonds is 4. The Bertz CT molecular complexity index is 632. The fourth-order valence-corrected chi connectivity index (χ4v) is 2.55. The first-order valence-corrected chi connectivity index (χ1v) is 8.48. The minimum atomic E-state index is -0.930. The highest BCUT2D eigenvalue weighted by molar-refractivity contribution is 7.10. The molecule has 0 spiro atoms. The lowest BCUT2D eigenvalue weighted by atomic mass is 10.1. The van der Waals surface area contributed by atoms with Crippen LogP contribution in [0.3, 0.4) is 0 Å². The molecule has 1 rings (SSSR count). The lowest BCUT2D eigenvalue weighted by molar-refractivity contribution is -0.157. The summed E-state index contributed by atoms with van der Waals surface area (Å²) < 4.78 is 10.6. The number of carbonyl (C=O) groups excluding carboxylic acids is 2. The van der Waals surface area contributed by atoms with E-state index in [2.05, 4.69) is 11.4 Å². The zero-order valence-electron chi connectivity index (χ0n) is 14.9. The summed E-state index contributed by atoms with van der Waals surface area (Å²) in [5.41, 5.74) is -0.671. The number of nitrogens with one attached hydrogen (secondary N) is 1. The number of nitrogens with zero attached hydrogens (tertiary/aromatic N) is 1. The number of carbonyl (C=O) groups is 2. The molecule has 24 heavy (non-hydrogen) atoms. The van der Waals surface area contributed by atoms with Crippen LogP contribution >= 0.6 is 11.3 Å². The lowest BCUT2D eigenvalue weighted by Gasteiger charge is -2.26. The summed E-state index contributed by atoms with van der Waals surface area (Å²) >= 11 is 1.29. The minimum Gasteiger partial charge on any atom is -0.458 e. The van der Waals surface area contributed by atoms with Gasteiger partial charge in [0.2, 0.25) is 0 Å². The van der Waals surface area contributed by atoms with E-state index in [0.29, 0.717) is 10.4 Å². The van der Waals surface area contributed by atoms with Gasteiger partial charge in [-0.1, -0.05) is 0 Å². The van der Waals surface area contributed by atoms with Gasteiger partial charge in [-0.25, -0.2) is 9.59 Å². The predicted octanol–water partition coefficient (Wildman–Crippen LogP) is 3.40. The molecule has 1 heterocycles. The summed E-state index contributed by atoms with van der Waals surface area (Å²) in [6.07, 6.45) is -0.535. The quantitative estimate of drug-likeness (QED) is 0.839. The standard InChI is InChI=1S/C17H24N2O4S/c1-16(2,3)22-14(20)12(19-15(21)23-17(4,5)6)9-11-7-8-24-13(11)10-18/h7-8,12H,9H2,1-6H3,(H,19,21)/t12-/m0/s1. The molecule has 0 aromatic carbocycles. The molecule has 132 valence electrons. The molecule has 6 nitrogen and oxygen atoms in total. The first-order chi connectivity index (χ1) is 10.9. The molecule has 0 unspecified atom stereocenters. The predicted molar refractivity (Wildman–Crippen MR) is 91.7 cm³/mol. The molecule has 1 N–H and O–H groups in total. The molecule has 0 bridgehead atoms.